The van der Waals surface area contributed by atoms with Crippen molar-refractivity contribution in [3.63, 3.8) is 0 Å². The summed E-state index contributed by atoms with van der Waals surface area (Å²) < 4.78 is 5.48. The number of nitrogens with one attached hydrogen (secondary N) is 2. The molecule has 1 unspecified atom stereocenters. The minimum atomic E-state index is -0.702. The number of hydrogen-bond donors (Lipinski definition) is 4. The van der Waals surface area contributed by atoms with Crippen LogP contribution < -0.4 is 15.8 Å². The highest BCUT2D eigenvalue weighted by atomic mass is 16.5. The zero-order valence-electron chi connectivity index (χ0n) is 16.6. The van der Waals surface area contributed by atoms with Gasteiger partial charge in [0.25, 0.3) is 0 Å². The average Bonchev–Trinajstić information content (AvgIpc) is 3.36. The van der Waals surface area contributed by atoms with Crippen LogP contribution in [0.5, 0.6) is 5.75 Å². The van der Waals surface area contributed by atoms with Gasteiger partial charge in [-0.3, -0.25) is 4.79 Å². The first kappa shape index (κ1) is 18.5. The Bertz CT molecular complexity index is 1090. The number of methoxy groups -OCH3 is 1. The summed E-state index contributed by atoms with van der Waals surface area (Å²) in [5.41, 5.74) is 9.64. The van der Waals surface area contributed by atoms with Gasteiger partial charge in [0.15, 0.2) is 5.84 Å². The number of carbonyl (C=O) groups is 1. The second kappa shape index (κ2) is 7.08. The number of H-pyrrole nitrogens is 1. The summed E-state index contributed by atoms with van der Waals surface area (Å²) in [6.45, 7) is 0. The lowest BCUT2D eigenvalue weighted by Crippen LogP contribution is -2.44. The first-order valence-corrected chi connectivity index (χ1v) is 10.1. The zero-order valence-corrected chi connectivity index (χ0v) is 16.6. The van der Waals surface area contributed by atoms with Gasteiger partial charge in [-0.1, -0.05) is 12.1 Å². The molecule has 1 fully saturated rings. The Morgan fingerprint density at radius 2 is 2.10 bits per heavy atom. The number of rotatable bonds is 4. The van der Waals surface area contributed by atoms with Gasteiger partial charge in [0.1, 0.15) is 24.0 Å². The third-order valence-corrected chi connectivity index (χ3v) is 6.31. The number of nitrogens with two attached hydrogens (primary N) is 1. The van der Waals surface area contributed by atoms with Crippen LogP contribution in [-0.2, 0) is 4.79 Å². The van der Waals surface area contributed by atoms with E-state index < -0.39 is 5.97 Å². The van der Waals surface area contributed by atoms with Crippen LogP contribution in [0.2, 0.25) is 0 Å². The smallest absolute Gasteiger partial charge is 0.306 e. The molecule has 5 rings (SSSR count). The zero-order chi connectivity index (χ0) is 20.8. The highest BCUT2D eigenvalue weighted by molar-refractivity contribution is 6.08. The van der Waals surface area contributed by atoms with Crippen LogP contribution in [0.1, 0.15) is 31.4 Å². The molecule has 0 spiro atoms. The lowest BCUT2D eigenvalue weighted by Gasteiger charge is -2.35. The molecule has 3 aliphatic rings. The molecule has 156 valence electrons. The second-order valence-corrected chi connectivity index (χ2v) is 7.96. The van der Waals surface area contributed by atoms with Gasteiger partial charge in [0.05, 0.1) is 29.9 Å². The van der Waals surface area contributed by atoms with Crippen LogP contribution in [0.25, 0.3) is 16.6 Å². The molecule has 1 saturated carbocycles. The van der Waals surface area contributed by atoms with Gasteiger partial charge in [0.2, 0.25) is 0 Å². The molecule has 9 nitrogen and oxygen atoms in total. The monoisotopic (exact) mass is 408 g/mol. The number of aromatic nitrogens is 1. The summed E-state index contributed by atoms with van der Waals surface area (Å²) in [4.78, 5) is 19.0. The summed E-state index contributed by atoms with van der Waals surface area (Å²) in [6.07, 6.45) is 4.36. The highest BCUT2D eigenvalue weighted by Crippen LogP contribution is 2.39. The molecule has 1 aromatic heterocycles. The molecule has 1 aromatic carbocycles. The normalized spacial score (nSPS) is 25.8. The van der Waals surface area contributed by atoms with Gasteiger partial charge in [-0.05, 0) is 43.7 Å². The summed E-state index contributed by atoms with van der Waals surface area (Å²) >= 11 is 0. The van der Waals surface area contributed by atoms with Crippen molar-refractivity contribution in [2.45, 2.75) is 31.8 Å². The number of hydrogen-bond acceptors (Lipinski definition) is 7. The molecule has 0 amide bonds. The van der Waals surface area contributed by atoms with Crippen molar-refractivity contribution in [2.75, 3.05) is 7.11 Å². The van der Waals surface area contributed by atoms with Crippen LogP contribution in [-0.4, -0.2) is 46.5 Å². The topological polar surface area (TPSA) is 128 Å². The number of nitrogens with zero attached hydrogens (tertiary/aromatic N) is 3. The van der Waals surface area contributed by atoms with E-state index in [-0.39, 0.29) is 18.0 Å². The number of aliphatic carboxylic acids is 1. The predicted molar refractivity (Wildman–Crippen MR) is 114 cm³/mol. The molecule has 2 aromatic rings. The van der Waals surface area contributed by atoms with Crippen LogP contribution >= 0.6 is 0 Å². The average molecular weight is 408 g/mol. The molecule has 5 N–H and O–H groups in total. The maximum Gasteiger partial charge on any atom is 0.306 e. The fraction of sp³-hybridized carbons (Fsp3) is 0.381. The molecule has 3 heterocycles. The van der Waals surface area contributed by atoms with Gasteiger partial charge in [-0.25, -0.2) is 10.0 Å². The summed E-state index contributed by atoms with van der Waals surface area (Å²) in [5.74, 6) is 0.472. The lowest BCUT2D eigenvalue weighted by atomic mass is 9.80. The maximum atomic E-state index is 11.3. The first-order valence-electron chi connectivity index (χ1n) is 10.1. The largest absolute Gasteiger partial charge is 0.495 e. The van der Waals surface area contributed by atoms with Crippen molar-refractivity contribution in [1.82, 2.24) is 15.3 Å². The van der Waals surface area contributed by atoms with Crippen molar-refractivity contribution in [2.24, 2.45) is 27.7 Å². The van der Waals surface area contributed by atoms with Gasteiger partial charge in [-0.15, -0.1) is 0 Å². The second-order valence-electron chi connectivity index (χ2n) is 7.96. The number of para-hydroxylation sites is 1. The van der Waals surface area contributed by atoms with Gasteiger partial charge < -0.3 is 25.9 Å². The van der Waals surface area contributed by atoms with Crippen molar-refractivity contribution < 1.29 is 14.6 Å². The van der Waals surface area contributed by atoms with E-state index in [9.17, 15) is 9.90 Å². The Balaban J connectivity index is 1.49. The van der Waals surface area contributed by atoms with Gasteiger partial charge in [0, 0.05) is 5.39 Å². The number of carboxylic acids is 1. The number of aromatic amines is 1. The van der Waals surface area contributed by atoms with E-state index in [1.54, 1.807) is 7.11 Å². The molecule has 1 aliphatic carbocycles. The van der Waals surface area contributed by atoms with E-state index in [4.69, 9.17) is 10.5 Å². The third-order valence-electron chi connectivity index (χ3n) is 6.31. The predicted octanol–water partition coefficient (Wildman–Crippen LogP) is 2.28. The lowest BCUT2D eigenvalue weighted by molar-refractivity contribution is -0.143. The standard InChI is InChI=1S/C21H24N6O3/c1-30-15-4-2-3-13-9-14(25-16(13)15)17-18-19(22)23-10-24-27(18)20(26-17)11-5-7-12(8-6-11)21(28)29/h2-4,9-12,20,25-26H,5-8H2,1H3,(H,28,29)(H2,22,23,24)/t11-,12-,20?. The Kier molecular flexibility index (Phi) is 4.38. The Morgan fingerprint density at radius 3 is 2.83 bits per heavy atom. The van der Waals surface area contributed by atoms with E-state index in [1.807, 2.05) is 23.2 Å². The van der Waals surface area contributed by atoms with Crippen molar-refractivity contribution >= 4 is 34.7 Å². The molecular weight excluding hydrogens is 384 g/mol. The number of aliphatic imine (C=N–C) groups is 1. The number of benzene rings is 1. The fourth-order valence-corrected chi connectivity index (χ4v) is 4.75. The Hall–Kier alpha value is -3.49. The SMILES string of the molecule is COc1cccc2cc(C3=C4C(N)=NC=NN4C([C@H]4CC[C@H](C(=O)O)CC4)N3)[nH]c12. The molecule has 2 aliphatic heterocycles. The van der Waals surface area contributed by atoms with Gasteiger partial charge >= 0.3 is 5.97 Å². The van der Waals surface area contributed by atoms with Crippen LogP contribution in [0.15, 0.2) is 40.1 Å². The van der Waals surface area contributed by atoms with Crippen LogP contribution in [0.3, 0.4) is 0 Å². The minimum Gasteiger partial charge on any atom is -0.495 e. The van der Waals surface area contributed by atoms with Crippen molar-refractivity contribution in [3.05, 3.63) is 35.7 Å². The first-order chi connectivity index (χ1) is 14.6. The molecule has 1 atom stereocenters. The molecule has 9 heteroatoms. The Morgan fingerprint density at radius 1 is 1.30 bits per heavy atom. The minimum absolute atomic E-state index is 0.0941. The van der Waals surface area contributed by atoms with E-state index in [0.29, 0.717) is 18.7 Å². The third kappa shape index (κ3) is 2.89. The van der Waals surface area contributed by atoms with E-state index in [0.717, 1.165) is 46.6 Å². The van der Waals surface area contributed by atoms with E-state index >= 15 is 0 Å². The molecule has 0 saturated heterocycles. The summed E-state index contributed by atoms with van der Waals surface area (Å²) in [5, 5.41) is 20.3. The summed E-state index contributed by atoms with van der Waals surface area (Å²) in [7, 11) is 1.65. The summed E-state index contributed by atoms with van der Waals surface area (Å²) in [6, 6.07) is 7.95. The molecule has 0 bridgehead atoms. The number of amidine groups is 1. The number of fused-ring (bicyclic) bond motifs is 2. The maximum absolute atomic E-state index is 11.3. The van der Waals surface area contributed by atoms with Crippen molar-refractivity contribution in [3.8, 4) is 5.75 Å². The number of hydrazone groups is 1. The van der Waals surface area contributed by atoms with Gasteiger partial charge in [-0.2, -0.15) is 5.10 Å². The number of carboxylic acid groups (broad SMARTS) is 1. The molecule has 0 radical (unpaired) electrons. The van der Waals surface area contributed by atoms with Crippen LogP contribution in [0.4, 0.5) is 0 Å². The van der Waals surface area contributed by atoms with Crippen LogP contribution in [0, 0.1) is 11.8 Å². The van der Waals surface area contributed by atoms with E-state index in [2.05, 4.69) is 26.5 Å². The fourth-order valence-electron chi connectivity index (χ4n) is 4.75. The quantitative estimate of drug-likeness (QED) is 0.614. The van der Waals surface area contributed by atoms with E-state index in [1.165, 1.54) is 6.34 Å². The highest BCUT2D eigenvalue weighted by Gasteiger charge is 2.42. The number of ether oxygens (including phenoxy) is 1. The molecule has 30 heavy (non-hydrogen) atoms. The Labute approximate surface area is 173 Å². The van der Waals surface area contributed by atoms with Crippen molar-refractivity contribution in [1.29, 1.82) is 0 Å². The molecular formula is C21H24N6O3.